The number of amides is 1. The Morgan fingerprint density at radius 1 is 1.29 bits per heavy atom. The number of hydrogen-bond donors (Lipinski definition) is 2. The van der Waals surface area contributed by atoms with Gasteiger partial charge in [0.15, 0.2) is 0 Å². The highest BCUT2D eigenvalue weighted by molar-refractivity contribution is 5.73. The van der Waals surface area contributed by atoms with Crippen molar-refractivity contribution >= 4 is 5.91 Å². The van der Waals surface area contributed by atoms with Crippen molar-refractivity contribution in [1.82, 2.24) is 10.2 Å². The zero-order chi connectivity index (χ0) is 17.2. The van der Waals surface area contributed by atoms with Crippen LogP contribution in [0.2, 0.25) is 0 Å². The van der Waals surface area contributed by atoms with Gasteiger partial charge in [0.2, 0.25) is 5.91 Å². The maximum atomic E-state index is 11.8. The lowest BCUT2D eigenvalue weighted by molar-refractivity contribution is -0.126. The third kappa shape index (κ3) is 3.81. The summed E-state index contributed by atoms with van der Waals surface area (Å²) >= 11 is 0. The third-order valence-electron chi connectivity index (χ3n) is 5.75. The fraction of sp³-hybridized carbons (Fsp3) is 0.650. The number of nitrogens with one attached hydrogen (secondary N) is 1. The Balaban J connectivity index is 1.90. The average Bonchev–Trinajstić information content (AvgIpc) is 3.04. The highest BCUT2D eigenvalue weighted by Crippen LogP contribution is 2.38. The molecule has 2 fully saturated rings. The maximum Gasteiger partial charge on any atom is 0.217 e. The van der Waals surface area contributed by atoms with Crippen LogP contribution in [0.15, 0.2) is 30.3 Å². The van der Waals surface area contributed by atoms with Crippen molar-refractivity contribution in [2.24, 2.45) is 5.92 Å². The van der Waals surface area contributed by atoms with Crippen LogP contribution in [0.5, 0.6) is 0 Å². The predicted molar refractivity (Wildman–Crippen MR) is 95.6 cm³/mol. The quantitative estimate of drug-likeness (QED) is 0.892. The molecule has 1 aliphatic heterocycles. The lowest BCUT2D eigenvalue weighted by atomic mass is 9.79. The van der Waals surface area contributed by atoms with Gasteiger partial charge in [0.05, 0.1) is 17.7 Å². The van der Waals surface area contributed by atoms with Gasteiger partial charge in [-0.25, -0.2) is 0 Å². The number of carbonyl (C=O) groups excluding carboxylic acids is 1. The SMILES string of the molecule is CC(=O)NC1C(c2ccccc2)N(CC2CCCC2)CCC1(C)O. The van der Waals surface area contributed by atoms with E-state index < -0.39 is 5.60 Å². The molecule has 1 saturated carbocycles. The number of likely N-dealkylation sites (tertiary alicyclic amines) is 1. The third-order valence-corrected chi connectivity index (χ3v) is 5.75. The molecule has 4 nitrogen and oxygen atoms in total. The van der Waals surface area contributed by atoms with Crippen LogP contribution in [0.1, 0.15) is 57.6 Å². The topological polar surface area (TPSA) is 52.6 Å². The second-order valence-corrected chi connectivity index (χ2v) is 7.79. The van der Waals surface area contributed by atoms with Crippen LogP contribution in [-0.4, -0.2) is 40.6 Å². The minimum absolute atomic E-state index is 0.0273. The Morgan fingerprint density at radius 2 is 1.96 bits per heavy atom. The molecule has 132 valence electrons. The monoisotopic (exact) mass is 330 g/mol. The summed E-state index contributed by atoms with van der Waals surface area (Å²) in [7, 11) is 0. The van der Waals surface area contributed by atoms with Crippen LogP contribution in [0.25, 0.3) is 0 Å². The predicted octanol–water partition coefficient (Wildman–Crippen LogP) is 2.88. The summed E-state index contributed by atoms with van der Waals surface area (Å²) in [4.78, 5) is 14.3. The van der Waals surface area contributed by atoms with E-state index in [2.05, 4.69) is 22.3 Å². The van der Waals surface area contributed by atoms with Crippen molar-refractivity contribution in [2.75, 3.05) is 13.1 Å². The maximum absolute atomic E-state index is 11.8. The Bertz CT molecular complexity index is 552. The molecule has 2 N–H and O–H groups in total. The summed E-state index contributed by atoms with van der Waals surface area (Å²) < 4.78 is 0. The number of benzene rings is 1. The molecule has 1 heterocycles. The zero-order valence-electron chi connectivity index (χ0n) is 14.9. The fourth-order valence-electron chi connectivity index (χ4n) is 4.45. The first-order valence-corrected chi connectivity index (χ1v) is 9.26. The van der Waals surface area contributed by atoms with Crippen LogP contribution < -0.4 is 5.32 Å². The smallest absolute Gasteiger partial charge is 0.217 e. The van der Waals surface area contributed by atoms with Crippen molar-refractivity contribution in [2.45, 2.75) is 63.6 Å². The van der Waals surface area contributed by atoms with E-state index in [1.165, 1.54) is 38.2 Å². The van der Waals surface area contributed by atoms with Crippen molar-refractivity contribution in [3.05, 3.63) is 35.9 Å². The molecular formula is C20H30N2O2. The van der Waals surface area contributed by atoms with Crippen molar-refractivity contribution < 1.29 is 9.90 Å². The molecule has 1 aromatic carbocycles. The van der Waals surface area contributed by atoms with E-state index in [1.807, 2.05) is 25.1 Å². The van der Waals surface area contributed by atoms with Gasteiger partial charge in [-0.1, -0.05) is 43.2 Å². The van der Waals surface area contributed by atoms with Gasteiger partial charge >= 0.3 is 0 Å². The number of piperidine rings is 1. The summed E-state index contributed by atoms with van der Waals surface area (Å²) in [5.74, 6) is 0.668. The van der Waals surface area contributed by atoms with Crippen molar-refractivity contribution in [1.29, 1.82) is 0 Å². The standard InChI is InChI=1S/C20H30N2O2/c1-15(23)21-19-18(17-10-4-3-5-11-17)22(13-12-20(19,2)24)14-16-8-6-7-9-16/h3-5,10-11,16,18-19,24H,6-9,12-14H2,1-2H3,(H,21,23). The van der Waals surface area contributed by atoms with Crippen molar-refractivity contribution in [3.8, 4) is 0 Å². The molecule has 0 bridgehead atoms. The van der Waals surface area contributed by atoms with Gasteiger partial charge in [0.1, 0.15) is 0 Å². The largest absolute Gasteiger partial charge is 0.388 e. The van der Waals surface area contributed by atoms with Crippen LogP contribution in [0.4, 0.5) is 0 Å². The first-order chi connectivity index (χ1) is 11.5. The van der Waals surface area contributed by atoms with Gasteiger partial charge in [-0.15, -0.1) is 0 Å². The molecule has 2 aliphatic rings. The van der Waals surface area contributed by atoms with Crippen molar-refractivity contribution in [3.63, 3.8) is 0 Å². The molecule has 0 radical (unpaired) electrons. The number of rotatable bonds is 4. The van der Waals surface area contributed by atoms with Gasteiger partial charge in [0, 0.05) is 20.0 Å². The van der Waals surface area contributed by atoms with E-state index in [4.69, 9.17) is 0 Å². The first-order valence-electron chi connectivity index (χ1n) is 9.26. The van der Waals surface area contributed by atoms with E-state index in [-0.39, 0.29) is 18.0 Å². The van der Waals surface area contributed by atoms with Gasteiger partial charge in [0.25, 0.3) is 0 Å². The lowest BCUT2D eigenvalue weighted by Crippen LogP contribution is -2.62. The Hall–Kier alpha value is -1.39. The van der Waals surface area contributed by atoms with E-state index in [9.17, 15) is 9.90 Å². The summed E-state index contributed by atoms with van der Waals surface area (Å²) in [6, 6.07) is 10.1. The van der Waals surface area contributed by atoms with Gasteiger partial charge < -0.3 is 10.4 Å². The van der Waals surface area contributed by atoms with Crippen LogP contribution in [-0.2, 0) is 4.79 Å². The molecule has 3 unspecified atom stereocenters. The zero-order valence-corrected chi connectivity index (χ0v) is 14.9. The number of aliphatic hydroxyl groups is 1. The number of carbonyl (C=O) groups is 1. The van der Waals surface area contributed by atoms with Crippen LogP contribution in [0, 0.1) is 5.92 Å². The molecule has 0 aromatic heterocycles. The second-order valence-electron chi connectivity index (χ2n) is 7.79. The van der Waals surface area contributed by atoms with E-state index in [0.29, 0.717) is 6.42 Å². The molecule has 1 aromatic rings. The molecule has 0 spiro atoms. The van der Waals surface area contributed by atoms with E-state index in [1.54, 1.807) is 0 Å². The van der Waals surface area contributed by atoms with Crippen LogP contribution >= 0.6 is 0 Å². The molecule has 24 heavy (non-hydrogen) atoms. The summed E-state index contributed by atoms with van der Waals surface area (Å²) in [6.45, 7) is 5.33. The average molecular weight is 330 g/mol. The van der Waals surface area contributed by atoms with Gasteiger partial charge in [-0.2, -0.15) is 0 Å². The fourth-order valence-corrected chi connectivity index (χ4v) is 4.45. The molecular weight excluding hydrogens is 300 g/mol. The summed E-state index contributed by atoms with van der Waals surface area (Å²) in [6.07, 6.45) is 5.97. The number of hydrogen-bond acceptors (Lipinski definition) is 3. The highest BCUT2D eigenvalue weighted by atomic mass is 16.3. The normalized spacial score (nSPS) is 32.0. The molecule has 1 amide bonds. The molecule has 3 rings (SSSR count). The highest BCUT2D eigenvalue weighted by Gasteiger charge is 2.46. The number of nitrogens with zero attached hydrogens (tertiary/aromatic N) is 1. The minimum Gasteiger partial charge on any atom is -0.388 e. The Labute approximate surface area is 145 Å². The minimum atomic E-state index is -0.891. The van der Waals surface area contributed by atoms with Gasteiger partial charge in [-0.3, -0.25) is 9.69 Å². The van der Waals surface area contributed by atoms with E-state index >= 15 is 0 Å². The second kappa shape index (κ2) is 7.24. The molecule has 4 heteroatoms. The Kier molecular flexibility index (Phi) is 5.26. The molecule has 3 atom stereocenters. The van der Waals surface area contributed by atoms with Crippen LogP contribution in [0.3, 0.4) is 0 Å². The molecule has 1 aliphatic carbocycles. The van der Waals surface area contributed by atoms with E-state index in [0.717, 1.165) is 19.0 Å². The summed E-state index contributed by atoms with van der Waals surface area (Å²) in [5.41, 5.74) is 0.285. The summed E-state index contributed by atoms with van der Waals surface area (Å²) in [5, 5.41) is 14.0. The Morgan fingerprint density at radius 3 is 2.58 bits per heavy atom. The van der Waals surface area contributed by atoms with Gasteiger partial charge in [-0.05, 0) is 37.7 Å². The lowest BCUT2D eigenvalue weighted by Gasteiger charge is -2.49. The molecule has 1 saturated heterocycles. The first kappa shape index (κ1) is 17.4.